The van der Waals surface area contributed by atoms with Gasteiger partial charge in [0.25, 0.3) is 5.91 Å². The van der Waals surface area contributed by atoms with Crippen LogP contribution in [-0.2, 0) is 10.2 Å². The first-order chi connectivity index (χ1) is 17.5. The first-order valence-electron chi connectivity index (χ1n) is 12.4. The first kappa shape index (κ1) is 25.1. The molecular weight excluding hydrogens is 486 g/mol. The van der Waals surface area contributed by atoms with Crippen LogP contribution in [0, 0.1) is 13.8 Å². The fourth-order valence-corrected chi connectivity index (χ4v) is 5.94. The summed E-state index contributed by atoms with van der Waals surface area (Å²) in [6, 6.07) is 21.0. The third-order valence-electron chi connectivity index (χ3n) is 7.40. The highest BCUT2D eigenvalue weighted by Crippen LogP contribution is 2.50. The van der Waals surface area contributed by atoms with Gasteiger partial charge in [0, 0.05) is 39.2 Å². The normalized spacial score (nSPS) is 18.5. The van der Waals surface area contributed by atoms with Crippen molar-refractivity contribution in [3.63, 3.8) is 0 Å². The number of aryl methyl sites for hydroxylation is 2. The fourth-order valence-electron chi connectivity index (χ4n) is 5.81. The zero-order valence-corrected chi connectivity index (χ0v) is 22.5. The van der Waals surface area contributed by atoms with E-state index in [4.69, 9.17) is 20.8 Å². The van der Waals surface area contributed by atoms with E-state index in [-0.39, 0.29) is 17.9 Å². The Balaban J connectivity index is 1.49. The van der Waals surface area contributed by atoms with E-state index in [1.54, 1.807) is 12.1 Å². The minimum absolute atomic E-state index is 0.138. The number of fused-ring (bicyclic) bond motifs is 2. The second kappa shape index (κ2) is 9.07. The summed E-state index contributed by atoms with van der Waals surface area (Å²) in [6.45, 7) is 10.2. The van der Waals surface area contributed by atoms with E-state index in [1.165, 1.54) is 6.07 Å². The maximum Gasteiger partial charge on any atom is 0.336 e. The molecule has 2 heterocycles. The summed E-state index contributed by atoms with van der Waals surface area (Å²) in [5, 5.41) is 1.53. The smallest absolute Gasteiger partial charge is 0.336 e. The molecule has 190 valence electrons. The maximum absolute atomic E-state index is 13.7. The van der Waals surface area contributed by atoms with Crippen molar-refractivity contribution in [2.24, 2.45) is 0 Å². The van der Waals surface area contributed by atoms with Gasteiger partial charge in [0.1, 0.15) is 11.3 Å². The third-order valence-corrected chi connectivity index (χ3v) is 7.65. The second-order valence-electron chi connectivity index (χ2n) is 10.8. The molecule has 4 aromatic rings. The number of benzene rings is 3. The highest BCUT2D eigenvalue weighted by atomic mass is 35.5. The van der Waals surface area contributed by atoms with Crippen LogP contribution in [0.3, 0.4) is 0 Å². The Labute approximate surface area is 221 Å². The number of carbonyl (C=O) groups excluding carboxylic acids is 1. The maximum atomic E-state index is 13.7. The Kier molecular flexibility index (Phi) is 6.15. The van der Waals surface area contributed by atoms with Crippen molar-refractivity contribution in [2.45, 2.75) is 52.0 Å². The summed E-state index contributed by atoms with van der Waals surface area (Å²) in [6.07, 6.45) is 0.726. The number of nitrogens with zero attached hydrogens (tertiary/aromatic N) is 1. The van der Waals surface area contributed by atoms with Crippen LogP contribution >= 0.6 is 11.6 Å². The minimum Gasteiger partial charge on any atom is -0.484 e. The van der Waals surface area contributed by atoms with Crippen molar-refractivity contribution in [1.82, 2.24) is 0 Å². The summed E-state index contributed by atoms with van der Waals surface area (Å²) >= 11 is 6.18. The molecular formula is C31H30ClNO4. The predicted octanol–water partition coefficient (Wildman–Crippen LogP) is 6.96. The Morgan fingerprint density at radius 2 is 1.73 bits per heavy atom. The molecule has 0 N–H and O–H groups in total. The van der Waals surface area contributed by atoms with Gasteiger partial charge in [-0.2, -0.15) is 0 Å². The van der Waals surface area contributed by atoms with Gasteiger partial charge in [-0.3, -0.25) is 4.79 Å². The van der Waals surface area contributed by atoms with Crippen molar-refractivity contribution >= 4 is 34.2 Å². The molecule has 1 aliphatic rings. The molecule has 5 rings (SSSR count). The van der Waals surface area contributed by atoms with Crippen LogP contribution in [0.5, 0.6) is 5.75 Å². The molecule has 0 aliphatic carbocycles. The lowest BCUT2D eigenvalue weighted by molar-refractivity contribution is -0.121. The van der Waals surface area contributed by atoms with Gasteiger partial charge in [-0.25, -0.2) is 4.79 Å². The van der Waals surface area contributed by atoms with Crippen LogP contribution in [0.2, 0.25) is 5.02 Å². The SMILES string of the molecule is Cc1ccc2c(c1)N(C(=O)COc1ccc3c(C)cc(=O)oc3c1)C(C)(C)CC2(C)c1ccc(Cl)cc1. The van der Waals surface area contributed by atoms with Crippen molar-refractivity contribution in [3.8, 4) is 5.75 Å². The van der Waals surface area contributed by atoms with Gasteiger partial charge in [0.15, 0.2) is 6.61 Å². The van der Waals surface area contributed by atoms with Gasteiger partial charge in [-0.15, -0.1) is 0 Å². The van der Waals surface area contributed by atoms with Crippen LogP contribution in [0.25, 0.3) is 11.0 Å². The standard InChI is InChI=1S/C31H30ClNO4/c1-19-6-13-25-26(14-19)33(30(3,4)18-31(25,5)21-7-9-22(32)10-8-21)28(34)17-36-23-11-12-24-20(2)15-29(35)37-27(24)16-23/h6-16H,17-18H2,1-5H3. The molecule has 0 radical (unpaired) electrons. The number of hydrogen-bond donors (Lipinski definition) is 0. The minimum atomic E-state index is -0.483. The lowest BCUT2D eigenvalue weighted by atomic mass is 9.65. The van der Waals surface area contributed by atoms with Gasteiger partial charge in [0.05, 0.1) is 0 Å². The molecule has 5 nitrogen and oxygen atoms in total. The number of rotatable bonds is 4. The Morgan fingerprint density at radius 3 is 2.46 bits per heavy atom. The van der Waals surface area contributed by atoms with E-state index in [0.717, 1.165) is 39.7 Å². The van der Waals surface area contributed by atoms with Crippen molar-refractivity contribution in [2.75, 3.05) is 11.5 Å². The van der Waals surface area contributed by atoms with Crippen LogP contribution in [-0.4, -0.2) is 18.1 Å². The average Bonchev–Trinajstić information content (AvgIpc) is 2.82. The van der Waals surface area contributed by atoms with Crippen molar-refractivity contribution in [1.29, 1.82) is 0 Å². The average molecular weight is 516 g/mol. The summed E-state index contributed by atoms with van der Waals surface area (Å²) in [4.78, 5) is 27.4. The summed E-state index contributed by atoms with van der Waals surface area (Å²) < 4.78 is 11.3. The Bertz CT molecular complexity index is 1570. The zero-order chi connectivity index (χ0) is 26.5. The number of amides is 1. The second-order valence-corrected chi connectivity index (χ2v) is 11.2. The predicted molar refractivity (Wildman–Crippen MR) is 148 cm³/mol. The summed E-state index contributed by atoms with van der Waals surface area (Å²) in [5.74, 6) is 0.334. The molecule has 0 fully saturated rings. The van der Waals surface area contributed by atoms with Gasteiger partial charge in [-0.1, -0.05) is 42.8 Å². The number of hydrogen-bond acceptors (Lipinski definition) is 4. The van der Waals surface area contributed by atoms with Crippen LogP contribution in [0.15, 0.2) is 75.9 Å². The van der Waals surface area contributed by atoms with Gasteiger partial charge in [0.2, 0.25) is 0 Å². The van der Waals surface area contributed by atoms with E-state index >= 15 is 0 Å². The fraction of sp³-hybridized carbons (Fsp3) is 0.290. The van der Waals surface area contributed by atoms with Gasteiger partial charge in [-0.05, 0) is 86.7 Å². The molecule has 6 heteroatoms. The molecule has 1 atom stereocenters. The molecule has 1 aliphatic heterocycles. The lowest BCUT2D eigenvalue weighted by Crippen LogP contribution is -2.57. The monoisotopic (exact) mass is 515 g/mol. The van der Waals surface area contributed by atoms with Crippen LogP contribution < -0.4 is 15.3 Å². The zero-order valence-electron chi connectivity index (χ0n) is 21.7. The molecule has 1 amide bonds. The van der Waals surface area contributed by atoms with E-state index in [0.29, 0.717) is 16.4 Å². The van der Waals surface area contributed by atoms with Crippen molar-refractivity contribution < 1.29 is 13.9 Å². The quantitative estimate of drug-likeness (QED) is 0.275. The summed E-state index contributed by atoms with van der Waals surface area (Å²) in [5.41, 5.74) is 4.29. The largest absolute Gasteiger partial charge is 0.484 e. The number of ether oxygens (including phenoxy) is 1. The van der Waals surface area contributed by atoms with Crippen LogP contribution in [0.1, 0.15) is 49.4 Å². The number of carbonyl (C=O) groups is 1. The molecule has 1 aromatic heterocycles. The molecule has 1 unspecified atom stereocenters. The lowest BCUT2D eigenvalue weighted by Gasteiger charge is -2.51. The third kappa shape index (κ3) is 4.53. The molecule has 3 aromatic carbocycles. The highest BCUT2D eigenvalue weighted by Gasteiger charge is 2.47. The molecule has 0 saturated carbocycles. The van der Waals surface area contributed by atoms with Gasteiger partial charge >= 0.3 is 5.63 Å². The molecule has 0 saturated heterocycles. The van der Waals surface area contributed by atoms with E-state index in [9.17, 15) is 9.59 Å². The first-order valence-corrected chi connectivity index (χ1v) is 12.7. The molecule has 0 bridgehead atoms. The topological polar surface area (TPSA) is 59.8 Å². The van der Waals surface area contributed by atoms with Crippen molar-refractivity contribution in [3.05, 3.63) is 104 Å². The van der Waals surface area contributed by atoms with Gasteiger partial charge < -0.3 is 14.1 Å². The van der Waals surface area contributed by atoms with Crippen LogP contribution in [0.4, 0.5) is 5.69 Å². The van der Waals surface area contributed by atoms with E-state index in [2.05, 4.69) is 51.1 Å². The highest BCUT2D eigenvalue weighted by molar-refractivity contribution is 6.30. The summed E-state index contributed by atoms with van der Waals surface area (Å²) in [7, 11) is 0. The Hall–Kier alpha value is -3.57. The number of anilines is 1. The number of halogens is 1. The molecule has 37 heavy (non-hydrogen) atoms. The van der Waals surface area contributed by atoms with E-state index in [1.807, 2.05) is 36.9 Å². The Morgan fingerprint density at radius 1 is 1.00 bits per heavy atom. The molecule has 0 spiro atoms. The van der Waals surface area contributed by atoms with E-state index < -0.39 is 11.2 Å².